The van der Waals surface area contributed by atoms with Gasteiger partial charge >= 0.3 is 0 Å². The molecule has 6 nitrogen and oxygen atoms in total. The molecule has 2 heterocycles. The quantitative estimate of drug-likeness (QED) is 0.897. The number of hydrogen-bond acceptors (Lipinski definition) is 4. The van der Waals surface area contributed by atoms with Crippen LogP contribution in [0.2, 0.25) is 0 Å². The topological polar surface area (TPSA) is 88.2 Å². The number of carbonyl (C=O) groups is 1. The SMILES string of the molecule is C[C@@H](NS(=O)(=O)c1ccc2c(c1)CCC(=O)N2)c1ccccn1. The predicted molar refractivity (Wildman–Crippen MR) is 86.4 cm³/mol. The highest BCUT2D eigenvalue weighted by Crippen LogP contribution is 2.26. The monoisotopic (exact) mass is 331 g/mol. The average molecular weight is 331 g/mol. The largest absolute Gasteiger partial charge is 0.326 e. The van der Waals surface area contributed by atoms with Crippen LogP contribution in [0.3, 0.4) is 0 Å². The van der Waals surface area contributed by atoms with Crippen molar-refractivity contribution in [2.75, 3.05) is 5.32 Å². The Bertz CT molecular complexity index is 835. The minimum Gasteiger partial charge on any atom is -0.326 e. The minimum atomic E-state index is -3.66. The molecule has 2 aromatic rings. The molecular formula is C16H17N3O3S. The first-order valence-corrected chi connectivity index (χ1v) is 8.80. The lowest BCUT2D eigenvalue weighted by atomic mass is 10.0. The number of amides is 1. The number of fused-ring (bicyclic) bond motifs is 1. The zero-order valence-electron chi connectivity index (χ0n) is 12.6. The number of hydrogen-bond donors (Lipinski definition) is 2. The molecule has 1 amide bonds. The van der Waals surface area contributed by atoms with E-state index >= 15 is 0 Å². The summed E-state index contributed by atoms with van der Waals surface area (Å²) in [5.41, 5.74) is 2.16. The fourth-order valence-electron chi connectivity index (χ4n) is 2.52. The van der Waals surface area contributed by atoms with Crippen molar-refractivity contribution >= 4 is 21.6 Å². The summed E-state index contributed by atoms with van der Waals surface area (Å²) in [6, 6.07) is 9.68. The molecule has 1 aliphatic heterocycles. The van der Waals surface area contributed by atoms with Crippen molar-refractivity contribution in [3.63, 3.8) is 0 Å². The van der Waals surface area contributed by atoms with Gasteiger partial charge in [-0.1, -0.05) is 6.07 Å². The lowest BCUT2D eigenvalue weighted by Crippen LogP contribution is -2.28. The first-order chi connectivity index (χ1) is 11.0. The van der Waals surface area contributed by atoms with Crippen molar-refractivity contribution in [3.05, 3.63) is 53.9 Å². The van der Waals surface area contributed by atoms with E-state index in [0.717, 1.165) is 5.56 Å². The maximum absolute atomic E-state index is 12.5. The molecule has 3 rings (SSSR count). The molecule has 0 spiro atoms. The number of sulfonamides is 1. The van der Waals surface area contributed by atoms with E-state index in [-0.39, 0.29) is 10.8 Å². The van der Waals surface area contributed by atoms with Gasteiger partial charge < -0.3 is 5.32 Å². The van der Waals surface area contributed by atoms with Crippen molar-refractivity contribution in [3.8, 4) is 0 Å². The molecule has 0 saturated carbocycles. The molecule has 0 bridgehead atoms. The van der Waals surface area contributed by atoms with Gasteiger partial charge in [-0.2, -0.15) is 0 Å². The Hall–Kier alpha value is -2.25. The maximum Gasteiger partial charge on any atom is 0.241 e. The molecule has 1 aromatic carbocycles. The molecule has 23 heavy (non-hydrogen) atoms. The summed E-state index contributed by atoms with van der Waals surface area (Å²) in [7, 11) is -3.66. The Morgan fingerprint density at radius 3 is 2.78 bits per heavy atom. The third kappa shape index (κ3) is 3.40. The molecule has 7 heteroatoms. The first-order valence-electron chi connectivity index (χ1n) is 7.32. The van der Waals surface area contributed by atoms with E-state index in [1.165, 1.54) is 6.07 Å². The molecule has 0 saturated heterocycles. The zero-order valence-corrected chi connectivity index (χ0v) is 13.4. The van der Waals surface area contributed by atoms with Crippen LogP contribution in [-0.4, -0.2) is 19.3 Å². The fourth-order valence-corrected chi connectivity index (χ4v) is 3.79. The van der Waals surface area contributed by atoms with Crippen LogP contribution in [0, 0.1) is 0 Å². The number of benzene rings is 1. The number of carbonyl (C=O) groups excluding carboxylic acids is 1. The lowest BCUT2D eigenvalue weighted by Gasteiger charge is -2.18. The van der Waals surface area contributed by atoms with E-state index in [1.54, 1.807) is 37.4 Å². The Kier molecular flexibility index (Phi) is 4.14. The van der Waals surface area contributed by atoms with E-state index in [1.807, 2.05) is 6.07 Å². The zero-order chi connectivity index (χ0) is 16.4. The Morgan fingerprint density at radius 1 is 1.22 bits per heavy atom. The molecule has 1 atom stereocenters. The summed E-state index contributed by atoms with van der Waals surface area (Å²) in [6.45, 7) is 1.75. The van der Waals surface area contributed by atoms with E-state index in [4.69, 9.17) is 0 Å². The van der Waals surface area contributed by atoms with Crippen LogP contribution < -0.4 is 10.0 Å². The highest BCUT2D eigenvalue weighted by Gasteiger charge is 2.22. The van der Waals surface area contributed by atoms with Crippen LogP contribution in [-0.2, 0) is 21.2 Å². The van der Waals surface area contributed by atoms with Gasteiger partial charge in [0.2, 0.25) is 15.9 Å². The standard InChI is InChI=1S/C16H17N3O3S/c1-11(14-4-2-3-9-17-14)19-23(21,22)13-6-7-15-12(10-13)5-8-16(20)18-15/h2-4,6-7,9-11,19H,5,8H2,1H3,(H,18,20)/t11-/m1/s1. The number of nitrogens with zero attached hydrogens (tertiary/aromatic N) is 1. The van der Waals surface area contributed by atoms with E-state index in [2.05, 4.69) is 15.0 Å². The average Bonchev–Trinajstić information content (AvgIpc) is 2.54. The number of nitrogens with one attached hydrogen (secondary N) is 2. The third-order valence-electron chi connectivity index (χ3n) is 3.75. The van der Waals surface area contributed by atoms with Crippen LogP contribution in [0.5, 0.6) is 0 Å². The summed E-state index contributed by atoms with van der Waals surface area (Å²) in [5.74, 6) is -0.0463. The molecule has 1 aliphatic rings. The van der Waals surface area contributed by atoms with Crippen molar-refractivity contribution in [1.82, 2.24) is 9.71 Å². The first kappa shape index (κ1) is 15.6. The van der Waals surface area contributed by atoms with E-state index in [0.29, 0.717) is 24.2 Å². The van der Waals surface area contributed by atoms with Crippen LogP contribution >= 0.6 is 0 Å². The molecule has 0 unspecified atom stereocenters. The number of anilines is 1. The predicted octanol–water partition coefficient (Wildman–Crippen LogP) is 2.01. The smallest absolute Gasteiger partial charge is 0.241 e. The van der Waals surface area contributed by atoms with Crippen LogP contribution in [0.1, 0.15) is 30.6 Å². The van der Waals surface area contributed by atoms with E-state index < -0.39 is 16.1 Å². The van der Waals surface area contributed by atoms with Gasteiger partial charge in [0.05, 0.1) is 16.6 Å². The molecular weight excluding hydrogens is 314 g/mol. The van der Waals surface area contributed by atoms with Crippen molar-refractivity contribution in [2.45, 2.75) is 30.7 Å². The fraction of sp³-hybridized carbons (Fsp3) is 0.250. The summed E-state index contributed by atoms with van der Waals surface area (Å²) in [6.07, 6.45) is 2.54. The van der Waals surface area contributed by atoms with Gasteiger partial charge in [-0.3, -0.25) is 9.78 Å². The molecule has 0 fully saturated rings. The van der Waals surface area contributed by atoms with Crippen molar-refractivity contribution < 1.29 is 13.2 Å². The molecule has 0 radical (unpaired) electrons. The second kappa shape index (κ2) is 6.10. The van der Waals surface area contributed by atoms with Gasteiger partial charge in [0, 0.05) is 18.3 Å². The normalized spacial score (nSPS) is 15.6. The number of aryl methyl sites for hydroxylation is 1. The van der Waals surface area contributed by atoms with Gasteiger partial charge in [-0.05, 0) is 49.2 Å². The summed E-state index contributed by atoms with van der Waals surface area (Å²) in [5, 5.41) is 2.74. The third-order valence-corrected chi connectivity index (χ3v) is 5.28. The van der Waals surface area contributed by atoms with Gasteiger partial charge in [0.25, 0.3) is 0 Å². The lowest BCUT2D eigenvalue weighted by molar-refractivity contribution is -0.116. The second-order valence-electron chi connectivity index (χ2n) is 5.46. The van der Waals surface area contributed by atoms with Crippen LogP contribution in [0.15, 0.2) is 47.5 Å². The molecule has 2 N–H and O–H groups in total. The Labute approximate surface area is 135 Å². The Morgan fingerprint density at radius 2 is 2.04 bits per heavy atom. The molecule has 1 aromatic heterocycles. The number of rotatable bonds is 4. The summed E-state index contributed by atoms with van der Waals surface area (Å²) >= 11 is 0. The minimum absolute atomic E-state index is 0.0463. The van der Waals surface area contributed by atoms with Crippen molar-refractivity contribution in [1.29, 1.82) is 0 Å². The number of aromatic nitrogens is 1. The van der Waals surface area contributed by atoms with Gasteiger partial charge in [0.1, 0.15) is 0 Å². The summed E-state index contributed by atoms with van der Waals surface area (Å²) in [4.78, 5) is 15.7. The Balaban J connectivity index is 1.84. The van der Waals surface area contributed by atoms with E-state index in [9.17, 15) is 13.2 Å². The number of pyridine rings is 1. The summed E-state index contributed by atoms with van der Waals surface area (Å²) < 4.78 is 27.7. The van der Waals surface area contributed by atoms with Crippen LogP contribution in [0.4, 0.5) is 5.69 Å². The van der Waals surface area contributed by atoms with Gasteiger partial charge in [0.15, 0.2) is 0 Å². The maximum atomic E-state index is 12.5. The van der Waals surface area contributed by atoms with Crippen molar-refractivity contribution in [2.24, 2.45) is 0 Å². The molecule has 0 aliphatic carbocycles. The second-order valence-corrected chi connectivity index (χ2v) is 7.18. The molecule has 120 valence electrons. The van der Waals surface area contributed by atoms with Gasteiger partial charge in [-0.25, -0.2) is 13.1 Å². The van der Waals surface area contributed by atoms with Crippen LogP contribution in [0.25, 0.3) is 0 Å². The highest BCUT2D eigenvalue weighted by atomic mass is 32.2. The van der Waals surface area contributed by atoms with Gasteiger partial charge in [-0.15, -0.1) is 0 Å². The highest BCUT2D eigenvalue weighted by molar-refractivity contribution is 7.89.